The van der Waals surface area contributed by atoms with Gasteiger partial charge in [0.2, 0.25) is 0 Å². The molecule has 0 radical (unpaired) electrons. The first kappa shape index (κ1) is 23.0. The van der Waals surface area contributed by atoms with E-state index in [0.717, 1.165) is 43.8 Å². The third kappa shape index (κ3) is 4.14. The Morgan fingerprint density at radius 2 is 0.946 bits per heavy atom. The maximum Gasteiger partial charge on any atom is 0.573 e. The van der Waals surface area contributed by atoms with E-state index in [0.29, 0.717) is 10.8 Å². The van der Waals surface area contributed by atoms with Gasteiger partial charge >= 0.3 is 6.36 Å². The molecule has 0 unspecified atom stereocenters. The lowest BCUT2D eigenvalue weighted by atomic mass is 9.85. The minimum atomic E-state index is -4.77. The summed E-state index contributed by atoms with van der Waals surface area (Å²) in [4.78, 5) is 0. The first-order chi connectivity index (χ1) is 17.8. The van der Waals surface area contributed by atoms with E-state index in [1.165, 1.54) is 24.3 Å². The predicted molar refractivity (Wildman–Crippen MR) is 136 cm³/mol. The second-order valence-corrected chi connectivity index (χ2v) is 8.74. The Bertz CT molecular complexity index is 1750. The standard InChI is InChI=1S/C31H17F5O/c32-27-16-19-9-10-20(15-21(19)17-28(27)33)30-25-7-3-1-5-23(25)29(24-6-2-4-8-26(24)30)18-11-13-22(14-12-18)37-31(34,35)36/h1-17H. The van der Waals surface area contributed by atoms with E-state index >= 15 is 0 Å². The molecule has 0 aromatic heterocycles. The summed E-state index contributed by atoms with van der Waals surface area (Å²) in [5, 5.41) is 4.84. The van der Waals surface area contributed by atoms with Crippen LogP contribution >= 0.6 is 0 Å². The fourth-order valence-electron chi connectivity index (χ4n) is 4.97. The molecule has 0 saturated heterocycles. The predicted octanol–water partition coefficient (Wildman–Crippen LogP) is 9.66. The summed E-state index contributed by atoms with van der Waals surface area (Å²) in [6.07, 6.45) is -4.77. The van der Waals surface area contributed by atoms with Gasteiger partial charge in [0, 0.05) is 0 Å². The molecular formula is C31H17F5O. The molecule has 182 valence electrons. The topological polar surface area (TPSA) is 9.23 Å². The van der Waals surface area contributed by atoms with Crippen molar-refractivity contribution in [3.63, 3.8) is 0 Å². The molecule has 0 fully saturated rings. The third-order valence-electron chi connectivity index (χ3n) is 6.48. The number of halogens is 5. The Morgan fingerprint density at radius 3 is 1.46 bits per heavy atom. The van der Waals surface area contributed by atoms with Crippen molar-refractivity contribution in [3.8, 4) is 28.0 Å². The molecule has 6 heteroatoms. The van der Waals surface area contributed by atoms with Gasteiger partial charge in [0.05, 0.1) is 0 Å². The Balaban J connectivity index is 1.62. The van der Waals surface area contributed by atoms with Crippen LogP contribution in [0, 0.1) is 11.6 Å². The summed E-state index contributed by atoms with van der Waals surface area (Å²) in [7, 11) is 0. The Kier molecular flexibility index (Phi) is 5.33. The molecule has 0 aliphatic heterocycles. The van der Waals surface area contributed by atoms with Gasteiger partial charge in [-0.25, -0.2) is 8.78 Å². The van der Waals surface area contributed by atoms with E-state index in [9.17, 15) is 22.0 Å². The molecule has 0 saturated carbocycles. The average Bonchev–Trinajstić information content (AvgIpc) is 2.87. The minimum absolute atomic E-state index is 0.290. The highest BCUT2D eigenvalue weighted by molar-refractivity contribution is 6.21. The van der Waals surface area contributed by atoms with Crippen molar-refractivity contribution in [2.45, 2.75) is 6.36 Å². The first-order valence-corrected chi connectivity index (χ1v) is 11.5. The normalized spacial score (nSPS) is 11.9. The van der Waals surface area contributed by atoms with Crippen molar-refractivity contribution in [2.24, 2.45) is 0 Å². The maximum absolute atomic E-state index is 14.0. The number of alkyl halides is 3. The second kappa shape index (κ2) is 8.59. The van der Waals surface area contributed by atoms with Gasteiger partial charge in [-0.05, 0) is 84.9 Å². The van der Waals surface area contributed by atoms with E-state index in [1.54, 1.807) is 18.2 Å². The molecule has 0 aliphatic carbocycles. The van der Waals surface area contributed by atoms with Gasteiger partial charge in [0.1, 0.15) is 5.75 Å². The van der Waals surface area contributed by atoms with Crippen LogP contribution in [0.5, 0.6) is 5.75 Å². The zero-order valence-corrected chi connectivity index (χ0v) is 19.1. The summed E-state index contributed by atoms with van der Waals surface area (Å²) in [6, 6.07) is 29.3. The fraction of sp³-hybridized carbons (Fsp3) is 0.0323. The van der Waals surface area contributed by atoms with Crippen LogP contribution in [0.25, 0.3) is 54.6 Å². The highest BCUT2D eigenvalue weighted by Gasteiger charge is 2.31. The molecule has 37 heavy (non-hydrogen) atoms. The van der Waals surface area contributed by atoms with Crippen LogP contribution in [0.1, 0.15) is 0 Å². The van der Waals surface area contributed by atoms with Gasteiger partial charge in [-0.1, -0.05) is 72.8 Å². The molecule has 0 spiro atoms. The van der Waals surface area contributed by atoms with Gasteiger partial charge in [0.15, 0.2) is 11.6 Å². The average molecular weight is 500 g/mol. The van der Waals surface area contributed by atoms with Crippen molar-refractivity contribution < 1.29 is 26.7 Å². The highest BCUT2D eigenvalue weighted by atomic mass is 19.4. The molecule has 0 bridgehead atoms. The molecule has 6 rings (SSSR count). The maximum atomic E-state index is 14.0. The number of hydrogen-bond donors (Lipinski definition) is 0. The SMILES string of the molecule is Fc1cc2ccc(-c3c4ccccc4c(-c4ccc(OC(F)(F)F)cc4)c4ccccc34)cc2cc1F. The van der Waals surface area contributed by atoms with Crippen LogP contribution < -0.4 is 4.74 Å². The molecule has 0 atom stereocenters. The summed E-state index contributed by atoms with van der Waals surface area (Å²) in [6.45, 7) is 0. The molecule has 0 amide bonds. The van der Waals surface area contributed by atoms with E-state index in [-0.39, 0.29) is 5.75 Å². The second-order valence-electron chi connectivity index (χ2n) is 8.74. The highest BCUT2D eigenvalue weighted by Crippen LogP contribution is 2.44. The van der Waals surface area contributed by atoms with E-state index in [1.807, 2.05) is 60.7 Å². The van der Waals surface area contributed by atoms with Crippen LogP contribution in [0.15, 0.2) is 103 Å². The third-order valence-corrected chi connectivity index (χ3v) is 6.48. The molecule has 1 nitrogen and oxygen atoms in total. The Hall–Kier alpha value is -4.45. The zero-order valence-electron chi connectivity index (χ0n) is 19.1. The van der Waals surface area contributed by atoms with Crippen LogP contribution in [0.3, 0.4) is 0 Å². The molecule has 0 aliphatic rings. The number of rotatable bonds is 3. The van der Waals surface area contributed by atoms with E-state index < -0.39 is 18.0 Å². The zero-order chi connectivity index (χ0) is 25.7. The Morgan fingerprint density at radius 1 is 0.486 bits per heavy atom. The summed E-state index contributed by atoms with van der Waals surface area (Å²) < 4.78 is 69.8. The monoisotopic (exact) mass is 500 g/mol. The van der Waals surface area contributed by atoms with Gasteiger partial charge < -0.3 is 4.74 Å². The Labute approximate surface area is 208 Å². The number of fused-ring (bicyclic) bond motifs is 3. The molecule has 0 N–H and O–H groups in total. The van der Waals surface area contributed by atoms with Crippen LogP contribution in [0.2, 0.25) is 0 Å². The first-order valence-electron chi connectivity index (χ1n) is 11.5. The lowest BCUT2D eigenvalue weighted by molar-refractivity contribution is -0.274. The van der Waals surface area contributed by atoms with Crippen LogP contribution in [-0.2, 0) is 0 Å². The molecule has 6 aromatic carbocycles. The number of ether oxygens (including phenoxy) is 1. The quantitative estimate of drug-likeness (QED) is 0.174. The van der Waals surface area contributed by atoms with Gasteiger partial charge in [0.25, 0.3) is 0 Å². The molecular weight excluding hydrogens is 483 g/mol. The van der Waals surface area contributed by atoms with Crippen molar-refractivity contribution in [2.75, 3.05) is 0 Å². The van der Waals surface area contributed by atoms with Gasteiger partial charge in [-0.15, -0.1) is 13.2 Å². The van der Waals surface area contributed by atoms with E-state index in [2.05, 4.69) is 4.74 Å². The van der Waals surface area contributed by atoms with Crippen molar-refractivity contribution in [3.05, 3.63) is 115 Å². The van der Waals surface area contributed by atoms with Gasteiger partial charge in [-0.3, -0.25) is 0 Å². The van der Waals surface area contributed by atoms with Crippen LogP contribution in [0.4, 0.5) is 22.0 Å². The van der Waals surface area contributed by atoms with Crippen molar-refractivity contribution in [1.82, 2.24) is 0 Å². The van der Waals surface area contributed by atoms with Crippen LogP contribution in [-0.4, -0.2) is 6.36 Å². The largest absolute Gasteiger partial charge is 0.573 e. The van der Waals surface area contributed by atoms with Crippen molar-refractivity contribution in [1.29, 1.82) is 0 Å². The lowest BCUT2D eigenvalue weighted by Gasteiger charge is -2.18. The number of benzene rings is 6. The van der Waals surface area contributed by atoms with E-state index in [4.69, 9.17) is 0 Å². The van der Waals surface area contributed by atoms with Crippen molar-refractivity contribution >= 4 is 32.3 Å². The fourth-order valence-corrected chi connectivity index (χ4v) is 4.97. The summed E-state index contributed by atoms with van der Waals surface area (Å²) in [5.74, 6) is -2.10. The lowest BCUT2D eigenvalue weighted by Crippen LogP contribution is -2.16. The summed E-state index contributed by atoms with van der Waals surface area (Å²) in [5.41, 5.74) is 3.39. The number of hydrogen-bond acceptors (Lipinski definition) is 1. The minimum Gasteiger partial charge on any atom is -0.406 e. The summed E-state index contributed by atoms with van der Waals surface area (Å²) >= 11 is 0. The molecule has 6 aromatic rings. The van der Waals surface area contributed by atoms with Gasteiger partial charge in [-0.2, -0.15) is 0 Å². The smallest absolute Gasteiger partial charge is 0.406 e. The molecule has 0 heterocycles.